The van der Waals surface area contributed by atoms with Crippen molar-refractivity contribution in [2.75, 3.05) is 7.05 Å². The maximum absolute atomic E-state index is 6.25. The van der Waals surface area contributed by atoms with E-state index >= 15 is 0 Å². The molecule has 0 spiro atoms. The van der Waals surface area contributed by atoms with E-state index in [2.05, 4.69) is 91.4 Å². The Morgan fingerprint density at radius 1 is 0.893 bits per heavy atom. The zero-order valence-electron chi connectivity index (χ0n) is 17.1. The highest BCUT2D eigenvalue weighted by molar-refractivity contribution is 7.56. The zero-order chi connectivity index (χ0) is 20.0. The molecular weight excluding hydrogens is 377 g/mol. The van der Waals surface area contributed by atoms with Crippen molar-refractivity contribution in [3.05, 3.63) is 83.9 Å². The molecule has 0 heterocycles. The first-order chi connectivity index (χ1) is 13.5. The third-order valence-corrected chi connectivity index (χ3v) is 8.01. The molecule has 0 aliphatic rings. The molecular formula is C24H28NOPSi. The number of benzene rings is 3. The molecule has 0 saturated heterocycles. The van der Waals surface area contributed by atoms with Gasteiger partial charge in [0.1, 0.15) is 12.4 Å². The van der Waals surface area contributed by atoms with E-state index in [0.29, 0.717) is 15.2 Å². The minimum Gasteiger partial charge on any atom is -0.488 e. The van der Waals surface area contributed by atoms with Gasteiger partial charge in [0.25, 0.3) is 0 Å². The molecule has 3 aromatic rings. The van der Waals surface area contributed by atoms with Gasteiger partial charge < -0.3 is 4.74 Å². The van der Waals surface area contributed by atoms with E-state index < -0.39 is 8.07 Å². The Bertz CT molecular complexity index is 948. The standard InChI is InChI=1S/C24H28NOPSi/c1-25-17-20-12-8-9-13-23(20)27-24-16-21(28(2,3)4)14-15-22(24)26-18-19-10-6-5-7-11-19/h5-17,27H,18H2,1-4H3/b25-17+. The molecule has 2 nitrogen and oxygen atoms in total. The van der Waals surface area contributed by atoms with Crippen LogP contribution >= 0.6 is 8.58 Å². The lowest BCUT2D eigenvalue weighted by Crippen LogP contribution is -2.39. The molecule has 0 radical (unpaired) electrons. The van der Waals surface area contributed by atoms with Crippen LogP contribution in [0, 0.1) is 0 Å². The highest BCUT2D eigenvalue weighted by Crippen LogP contribution is 2.22. The van der Waals surface area contributed by atoms with Crippen LogP contribution < -0.4 is 20.5 Å². The van der Waals surface area contributed by atoms with Crippen molar-refractivity contribution in [1.82, 2.24) is 0 Å². The Hall–Kier alpha value is -2.22. The second-order valence-corrected chi connectivity index (χ2v) is 14.2. The summed E-state index contributed by atoms with van der Waals surface area (Å²) in [7, 11) is 0.955. The van der Waals surface area contributed by atoms with Gasteiger partial charge in [-0.3, -0.25) is 4.99 Å². The lowest BCUT2D eigenvalue weighted by atomic mass is 10.2. The Labute approximate surface area is 171 Å². The van der Waals surface area contributed by atoms with Crippen molar-refractivity contribution >= 4 is 38.7 Å². The van der Waals surface area contributed by atoms with E-state index in [1.54, 1.807) is 0 Å². The van der Waals surface area contributed by atoms with Crippen LogP contribution in [0.15, 0.2) is 77.8 Å². The number of ether oxygens (including phenoxy) is 1. The van der Waals surface area contributed by atoms with E-state index in [9.17, 15) is 0 Å². The average molecular weight is 406 g/mol. The van der Waals surface area contributed by atoms with Crippen LogP contribution in [-0.4, -0.2) is 21.3 Å². The van der Waals surface area contributed by atoms with E-state index in [0.717, 1.165) is 5.75 Å². The van der Waals surface area contributed by atoms with Crippen molar-refractivity contribution in [3.63, 3.8) is 0 Å². The molecule has 0 bridgehead atoms. The van der Waals surface area contributed by atoms with E-state index in [-0.39, 0.29) is 0 Å². The fourth-order valence-corrected chi connectivity index (χ4v) is 5.54. The van der Waals surface area contributed by atoms with E-state index in [4.69, 9.17) is 4.74 Å². The summed E-state index contributed by atoms with van der Waals surface area (Å²) >= 11 is 0. The van der Waals surface area contributed by atoms with Crippen LogP contribution in [0.25, 0.3) is 0 Å². The molecule has 4 heteroatoms. The summed E-state index contributed by atoms with van der Waals surface area (Å²) < 4.78 is 6.25. The third-order valence-electron chi connectivity index (χ3n) is 4.58. The maximum Gasteiger partial charge on any atom is 0.127 e. The summed E-state index contributed by atoms with van der Waals surface area (Å²) in [5.41, 5.74) is 2.36. The summed E-state index contributed by atoms with van der Waals surface area (Å²) in [6, 6.07) is 25.6. The number of hydrogen-bond donors (Lipinski definition) is 0. The Balaban J connectivity index is 1.94. The van der Waals surface area contributed by atoms with Crippen molar-refractivity contribution < 1.29 is 4.74 Å². The van der Waals surface area contributed by atoms with Gasteiger partial charge in [-0.15, -0.1) is 0 Å². The van der Waals surface area contributed by atoms with Gasteiger partial charge in [0.15, 0.2) is 0 Å². The highest BCUT2D eigenvalue weighted by atomic mass is 31.1. The van der Waals surface area contributed by atoms with Crippen LogP contribution in [0.2, 0.25) is 19.6 Å². The first kappa shape index (κ1) is 20.5. The molecule has 28 heavy (non-hydrogen) atoms. The molecule has 0 aromatic heterocycles. The first-order valence-corrected chi connectivity index (χ1v) is 14.1. The number of rotatable bonds is 7. The quantitative estimate of drug-likeness (QED) is 0.322. The maximum atomic E-state index is 6.25. The monoisotopic (exact) mass is 405 g/mol. The summed E-state index contributed by atoms with van der Waals surface area (Å²) in [6.45, 7) is 7.74. The zero-order valence-corrected chi connectivity index (χ0v) is 19.1. The summed E-state index contributed by atoms with van der Waals surface area (Å²) in [4.78, 5) is 4.22. The fraction of sp³-hybridized carbons (Fsp3) is 0.208. The largest absolute Gasteiger partial charge is 0.488 e. The van der Waals surface area contributed by atoms with Crippen molar-refractivity contribution in [2.24, 2.45) is 4.99 Å². The lowest BCUT2D eigenvalue weighted by Gasteiger charge is -2.20. The van der Waals surface area contributed by atoms with Gasteiger partial charge in [0, 0.05) is 18.6 Å². The van der Waals surface area contributed by atoms with E-state index in [1.807, 2.05) is 19.3 Å². The molecule has 0 N–H and O–H groups in total. The van der Waals surface area contributed by atoms with Crippen molar-refractivity contribution in [2.45, 2.75) is 26.2 Å². The number of aliphatic imine (C=N–C) groups is 1. The molecule has 1 unspecified atom stereocenters. The Morgan fingerprint density at radius 2 is 1.61 bits per heavy atom. The third kappa shape index (κ3) is 5.40. The molecule has 0 saturated carbocycles. The van der Waals surface area contributed by atoms with Gasteiger partial charge in [-0.1, -0.05) is 100 Å². The lowest BCUT2D eigenvalue weighted by molar-refractivity contribution is 0.309. The van der Waals surface area contributed by atoms with Gasteiger partial charge in [0.05, 0.1) is 8.07 Å². The molecule has 0 fully saturated rings. The molecule has 144 valence electrons. The van der Waals surface area contributed by atoms with Gasteiger partial charge in [-0.2, -0.15) is 0 Å². The molecule has 1 atom stereocenters. The summed E-state index contributed by atoms with van der Waals surface area (Å²) in [5, 5.41) is 4.03. The summed E-state index contributed by atoms with van der Waals surface area (Å²) in [5.74, 6) is 0.979. The highest BCUT2D eigenvalue weighted by Gasteiger charge is 2.19. The smallest absolute Gasteiger partial charge is 0.127 e. The molecule has 3 aromatic carbocycles. The minimum absolute atomic E-state index is 0.533. The van der Waals surface area contributed by atoms with Gasteiger partial charge in [0.2, 0.25) is 0 Å². The van der Waals surface area contributed by atoms with Gasteiger partial charge in [-0.05, 0) is 22.5 Å². The molecule has 0 amide bonds. The SMILES string of the molecule is C/N=C/c1ccccc1Pc1cc([Si](C)(C)C)ccc1OCc1ccccc1. The topological polar surface area (TPSA) is 21.6 Å². The predicted octanol–water partition coefficient (Wildman–Crippen LogP) is 4.49. The van der Waals surface area contributed by atoms with Crippen LogP contribution in [0.4, 0.5) is 0 Å². The first-order valence-electron chi connectivity index (χ1n) is 9.57. The normalized spacial score (nSPS) is 12.1. The van der Waals surface area contributed by atoms with E-state index in [1.165, 1.54) is 26.9 Å². The average Bonchev–Trinajstić information content (AvgIpc) is 2.69. The predicted molar refractivity (Wildman–Crippen MR) is 128 cm³/mol. The van der Waals surface area contributed by atoms with Crippen molar-refractivity contribution in [1.29, 1.82) is 0 Å². The Kier molecular flexibility index (Phi) is 6.82. The number of nitrogens with zero attached hydrogens (tertiary/aromatic N) is 1. The number of hydrogen-bond acceptors (Lipinski definition) is 2. The van der Waals surface area contributed by atoms with Crippen LogP contribution in [0.1, 0.15) is 11.1 Å². The Morgan fingerprint density at radius 3 is 2.32 bits per heavy atom. The van der Waals surface area contributed by atoms with Gasteiger partial charge >= 0.3 is 0 Å². The summed E-state index contributed by atoms with van der Waals surface area (Å²) in [6.07, 6.45) is 1.94. The minimum atomic E-state index is -1.40. The van der Waals surface area contributed by atoms with Crippen LogP contribution in [0.3, 0.4) is 0 Å². The molecule has 3 rings (SSSR count). The van der Waals surface area contributed by atoms with Crippen LogP contribution in [0.5, 0.6) is 5.75 Å². The molecule has 0 aliphatic carbocycles. The molecule has 0 aliphatic heterocycles. The fourth-order valence-electron chi connectivity index (χ4n) is 2.96. The van der Waals surface area contributed by atoms with Gasteiger partial charge in [-0.25, -0.2) is 0 Å². The second-order valence-electron chi connectivity index (χ2n) is 7.83. The second kappa shape index (κ2) is 9.32. The van der Waals surface area contributed by atoms with Crippen LogP contribution in [-0.2, 0) is 6.61 Å². The van der Waals surface area contributed by atoms with Crippen molar-refractivity contribution in [3.8, 4) is 5.75 Å².